The SMILES string of the molecule is CC(=O)O.CC(=O)O.CO.CP[SiH]=Nc1ccccc1.O[O][Al+].[O]=[Al].[Pd].c1ccc([SiH2]c2ccccc2)cc1. The number of carbonyl (C=O) groups is 2. The van der Waals surface area contributed by atoms with Gasteiger partial charge in [-0.15, -0.1) is 8.13 Å². The molecule has 0 spiro atoms. The first-order valence-corrected chi connectivity index (χ1v) is 16.8. The molecule has 1 atom stereocenters. The molecule has 15 heteroatoms. The molecule has 0 aromatic heterocycles. The molecule has 0 aliphatic rings. The zero-order valence-corrected chi connectivity index (χ0v) is 29.7. The van der Waals surface area contributed by atoms with Crippen molar-refractivity contribution in [2.24, 2.45) is 4.63 Å². The smallest absolute Gasteiger partial charge is 0.0633 e. The van der Waals surface area contributed by atoms with Crippen LogP contribution in [-0.4, -0.2) is 97.6 Å². The quantitative estimate of drug-likeness (QED) is 0.138. The maximum Gasteiger partial charge on any atom is 0.0875 e. The van der Waals surface area contributed by atoms with Gasteiger partial charge in [-0.05, 0) is 18.8 Å². The van der Waals surface area contributed by atoms with Gasteiger partial charge in [-0.3, -0.25) is 9.59 Å². The summed E-state index contributed by atoms with van der Waals surface area (Å²) in [4.78, 5) is 18.0. The van der Waals surface area contributed by atoms with E-state index in [2.05, 4.69) is 75.9 Å². The standard InChI is InChI=1S/C12H12Si.C7H10NPSi.2C2H4O2.CH4O.2Al.H2O2.O.Pd/c1-3-7-11(8-4-1)13-12-9-5-2-6-10-12;1-9-10-8-7-5-3-2-4-6-7;2*1-2(3)4;1-2;;;1-2;;/h1-10H,13H2;2-6,9-10H,1H3;2*1H3,(H,3,4);2H,1H3;;;1-2H;;/q;;;;;;+2;;;/p-1. The van der Waals surface area contributed by atoms with E-state index in [9.17, 15) is 0 Å². The van der Waals surface area contributed by atoms with Gasteiger partial charge in [0.2, 0.25) is 0 Å². The number of rotatable bonds is 4. The van der Waals surface area contributed by atoms with Crippen LogP contribution in [0.2, 0.25) is 0 Å². The minimum Gasteiger partial charge on any atom is -0.0633 e. The Balaban J connectivity index is -0.000000132. The summed E-state index contributed by atoms with van der Waals surface area (Å²) in [5.41, 5.74) is 1.13. The molecule has 1 unspecified atom stereocenters. The Morgan fingerprint density at radius 1 is 0.821 bits per heavy atom. The number of aliphatic carboxylic acids is 2. The molecule has 4 N–H and O–H groups in total. The summed E-state index contributed by atoms with van der Waals surface area (Å²) < 4.78 is 15.8. The Morgan fingerprint density at radius 2 is 1.08 bits per heavy atom. The summed E-state index contributed by atoms with van der Waals surface area (Å²) in [5, 5.41) is 31.9. The number of hydrogen-bond acceptors (Lipinski definition) is 7. The summed E-state index contributed by atoms with van der Waals surface area (Å²) in [6.45, 7) is 4.36. The van der Waals surface area contributed by atoms with Crippen molar-refractivity contribution in [2.75, 3.05) is 13.8 Å². The van der Waals surface area contributed by atoms with E-state index in [1.807, 2.05) is 30.3 Å². The number of aliphatic hydroxyl groups excluding tert-OH is 1. The molecular formula is C24H35Al2NO8PPdSi2+. The third-order valence-corrected chi connectivity index (χ3v) is 6.80. The Bertz CT molecular complexity index is 882. The van der Waals surface area contributed by atoms with Crippen molar-refractivity contribution in [3.8, 4) is 0 Å². The number of para-hydroxylation sites is 1. The minimum absolute atomic E-state index is 0. The van der Waals surface area contributed by atoms with E-state index in [1.165, 1.54) is 26.6 Å². The molecule has 39 heavy (non-hydrogen) atoms. The molecule has 212 valence electrons. The van der Waals surface area contributed by atoms with Crippen LogP contribution in [0.1, 0.15) is 13.8 Å². The second kappa shape index (κ2) is 41.2. The van der Waals surface area contributed by atoms with Crippen LogP contribution in [0.4, 0.5) is 5.69 Å². The molecule has 0 saturated carbocycles. The molecule has 9 nitrogen and oxygen atoms in total. The third-order valence-electron chi connectivity index (χ3n) is 3.19. The third kappa shape index (κ3) is 46.9. The summed E-state index contributed by atoms with van der Waals surface area (Å²) in [7, 11) is 2.08. The Kier molecular flexibility index (Phi) is 50.1. The van der Waals surface area contributed by atoms with E-state index in [0.29, 0.717) is 8.98 Å². The van der Waals surface area contributed by atoms with Gasteiger partial charge in [-0.25, -0.2) is 0 Å². The second-order valence-electron chi connectivity index (χ2n) is 6.17. The summed E-state index contributed by atoms with van der Waals surface area (Å²) in [6, 6.07) is 31.7. The molecule has 0 bridgehead atoms. The van der Waals surface area contributed by atoms with Crippen molar-refractivity contribution in [3.05, 3.63) is 91.0 Å². The van der Waals surface area contributed by atoms with Gasteiger partial charge in [-0.1, -0.05) is 89.2 Å². The Hall–Kier alpha value is -1.33. The van der Waals surface area contributed by atoms with Crippen LogP contribution in [0, 0.1) is 0 Å². The van der Waals surface area contributed by atoms with Crippen LogP contribution < -0.4 is 10.4 Å². The van der Waals surface area contributed by atoms with Crippen LogP contribution >= 0.6 is 8.13 Å². The van der Waals surface area contributed by atoms with Gasteiger partial charge in [0.05, 0.1) is 15.2 Å². The van der Waals surface area contributed by atoms with Gasteiger partial charge in [0.1, 0.15) is 8.98 Å². The van der Waals surface area contributed by atoms with Crippen molar-refractivity contribution in [3.63, 3.8) is 0 Å². The maximum atomic E-state index is 9.00. The molecule has 2 radical (unpaired) electrons. The molecule has 3 rings (SSSR count). The molecule has 0 saturated heterocycles. The molecule has 0 fully saturated rings. The number of benzene rings is 3. The van der Waals surface area contributed by atoms with Crippen LogP contribution in [-0.2, 0) is 37.8 Å². The van der Waals surface area contributed by atoms with E-state index in [-0.39, 0.29) is 29.9 Å². The Morgan fingerprint density at radius 3 is 1.33 bits per heavy atom. The van der Waals surface area contributed by atoms with Gasteiger partial charge in [0.15, 0.2) is 0 Å². The van der Waals surface area contributed by atoms with Gasteiger partial charge in [0.25, 0.3) is 11.9 Å². The largest absolute Gasteiger partial charge is 0.0875 e. The van der Waals surface area contributed by atoms with Crippen LogP contribution in [0.25, 0.3) is 0 Å². The van der Waals surface area contributed by atoms with Gasteiger partial charge in [-0.2, -0.15) is 0 Å². The van der Waals surface area contributed by atoms with Crippen LogP contribution in [0.3, 0.4) is 0 Å². The van der Waals surface area contributed by atoms with E-state index in [1.54, 1.807) is 16.6 Å². The molecule has 0 aliphatic carbocycles. The van der Waals surface area contributed by atoms with E-state index < -0.39 is 11.9 Å². The van der Waals surface area contributed by atoms with Crippen molar-refractivity contribution >= 4 is 87.5 Å². The molecule has 3 aromatic carbocycles. The first-order chi connectivity index (χ1) is 18.3. The Labute approximate surface area is 267 Å². The topological polar surface area (TPSA) is 154 Å². The number of carboxylic acid groups (broad SMARTS) is 2. The molecule has 3 aromatic rings. The van der Waals surface area contributed by atoms with Crippen molar-refractivity contribution in [1.82, 2.24) is 0 Å². The second-order valence-corrected chi connectivity index (χ2v) is 12.0. The number of nitrogens with zero attached hydrogens (tertiary/aromatic N) is 1. The molecule has 0 heterocycles. The monoisotopic (exact) mass is 712 g/mol. The number of hydrogen-bond donors (Lipinski definition) is 4. The number of carboxylic acids is 2. The summed E-state index contributed by atoms with van der Waals surface area (Å²) in [5.74, 6) is -1.67. The average molecular weight is 713 g/mol. The van der Waals surface area contributed by atoms with Crippen molar-refractivity contribution in [2.45, 2.75) is 13.8 Å². The summed E-state index contributed by atoms with van der Waals surface area (Å²) in [6.07, 6.45) is 0. The zero-order chi connectivity index (χ0) is 30.0. The van der Waals surface area contributed by atoms with Crippen molar-refractivity contribution < 1.29 is 58.3 Å². The molecule has 0 aliphatic heterocycles. The van der Waals surface area contributed by atoms with E-state index in [0.717, 1.165) is 34.8 Å². The van der Waals surface area contributed by atoms with E-state index in [4.69, 9.17) is 34.0 Å². The molecular weight excluding hydrogens is 678 g/mol. The van der Waals surface area contributed by atoms with Crippen LogP contribution in [0.15, 0.2) is 95.6 Å². The fourth-order valence-electron chi connectivity index (χ4n) is 2.08. The zero-order valence-electron chi connectivity index (χ0n) is 22.3. The van der Waals surface area contributed by atoms with Crippen molar-refractivity contribution in [1.29, 1.82) is 0 Å². The van der Waals surface area contributed by atoms with E-state index >= 15 is 0 Å². The summed E-state index contributed by atoms with van der Waals surface area (Å²) >= 11 is 2.80. The fraction of sp³-hybridized carbons (Fsp3) is 0.167. The van der Waals surface area contributed by atoms with Gasteiger partial charge in [0, 0.05) is 41.4 Å². The van der Waals surface area contributed by atoms with Gasteiger partial charge >= 0.3 is 45.8 Å². The predicted octanol–water partition coefficient (Wildman–Crippen LogP) is 1.82. The predicted molar refractivity (Wildman–Crippen MR) is 161 cm³/mol. The number of aliphatic hydroxyl groups is 1. The van der Waals surface area contributed by atoms with Crippen LogP contribution in [0.5, 0.6) is 0 Å². The molecule has 0 amide bonds. The fourth-order valence-corrected chi connectivity index (χ4v) is 4.85. The maximum absolute atomic E-state index is 9.00. The van der Waals surface area contributed by atoms with Gasteiger partial charge < -0.3 is 20.0 Å². The first kappa shape index (κ1) is 47.5. The normalized spacial score (nSPS) is 8.21. The minimum atomic E-state index is -0.833. The first-order valence-electron chi connectivity index (χ1n) is 10.7. The average Bonchev–Trinajstić information content (AvgIpc) is 2.92.